The Hall–Kier alpha value is -2.12. The second kappa shape index (κ2) is 4.04. The number of carbonyl (C=O) groups is 1. The van der Waals surface area contributed by atoms with Gasteiger partial charge in [0.05, 0.1) is 10.5 Å². The van der Waals surface area contributed by atoms with Crippen molar-refractivity contribution >= 4 is 17.2 Å². The first kappa shape index (κ1) is 12.9. The summed E-state index contributed by atoms with van der Waals surface area (Å²) in [5.41, 5.74) is 1.37. The normalized spacial score (nSPS) is 11.3. The topological polar surface area (TPSA) is 86.2 Å². The van der Waals surface area contributed by atoms with Gasteiger partial charge < -0.3 is 5.73 Å². The van der Waals surface area contributed by atoms with Crippen molar-refractivity contribution in [2.24, 2.45) is 0 Å². The Morgan fingerprint density at radius 3 is 2.29 bits per heavy atom. The van der Waals surface area contributed by atoms with Gasteiger partial charge >= 0.3 is 6.18 Å². The van der Waals surface area contributed by atoms with Crippen molar-refractivity contribution in [3.8, 4) is 0 Å². The zero-order valence-electron chi connectivity index (χ0n) is 8.54. The molecule has 5 nitrogen and oxygen atoms in total. The van der Waals surface area contributed by atoms with E-state index in [0.717, 1.165) is 13.0 Å². The maximum absolute atomic E-state index is 12.5. The summed E-state index contributed by atoms with van der Waals surface area (Å²) in [6.07, 6.45) is -4.85. The molecular formula is C9H7F3N2O3. The minimum Gasteiger partial charge on any atom is -0.393 e. The van der Waals surface area contributed by atoms with Crippen LogP contribution in [0.5, 0.6) is 0 Å². The summed E-state index contributed by atoms with van der Waals surface area (Å²) < 4.78 is 37.6. The second-order valence-corrected chi connectivity index (χ2v) is 3.27. The van der Waals surface area contributed by atoms with Gasteiger partial charge in [-0.05, 0) is 13.0 Å². The molecule has 2 N–H and O–H groups in total. The number of nitrogens with zero attached hydrogens (tertiary/aromatic N) is 1. The van der Waals surface area contributed by atoms with Crippen LogP contribution in [0.3, 0.4) is 0 Å². The number of ketones is 1. The number of nitro benzene ring substituents is 1. The van der Waals surface area contributed by atoms with Gasteiger partial charge in [0.1, 0.15) is 5.69 Å². The Balaban J connectivity index is 3.60. The summed E-state index contributed by atoms with van der Waals surface area (Å²) >= 11 is 0. The number of carbonyl (C=O) groups excluding carboxylic acids is 1. The molecule has 0 atom stereocenters. The highest BCUT2D eigenvalue weighted by atomic mass is 19.4. The molecule has 0 saturated carbocycles. The van der Waals surface area contributed by atoms with Crippen molar-refractivity contribution in [3.05, 3.63) is 33.4 Å². The molecule has 0 fully saturated rings. The standard InChI is InChI=1S/C9H7F3N2O3/c1-4(15)5-2-6(9(10,11)12)8(13)7(3-5)14(16)17/h2-3H,13H2,1H3. The van der Waals surface area contributed by atoms with Gasteiger partial charge in [-0.1, -0.05) is 0 Å². The summed E-state index contributed by atoms with van der Waals surface area (Å²) in [4.78, 5) is 20.4. The molecule has 17 heavy (non-hydrogen) atoms. The van der Waals surface area contributed by atoms with Crippen molar-refractivity contribution in [2.75, 3.05) is 5.73 Å². The van der Waals surface area contributed by atoms with Crippen molar-refractivity contribution < 1.29 is 22.9 Å². The van der Waals surface area contributed by atoms with E-state index in [1.54, 1.807) is 0 Å². The van der Waals surface area contributed by atoms with Gasteiger partial charge in [0.2, 0.25) is 0 Å². The number of anilines is 1. The fraction of sp³-hybridized carbons (Fsp3) is 0.222. The van der Waals surface area contributed by atoms with E-state index in [1.807, 2.05) is 0 Å². The molecule has 0 radical (unpaired) electrons. The molecule has 0 aromatic heterocycles. The Bertz CT molecular complexity index is 497. The van der Waals surface area contributed by atoms with Crippen LogP contribution in [-0.4, -0.2) is 10.7 Å². The van der Waals surface area contributed by atoms with E-state index >= 15 is 0 Å². The van der Waals surface area contributed by atoms with Gasteiger partial charge in [-0.2, -0.15) is 13.2 Å². The zero-order valence-corrected chi connectivity index (χ0v) is 8.54. The predicted molar refractivity (Wildman–Crippen MR) is 52.5 cm³/mol. The SMILES string of the molecule is CC(=O)c1cc([N+](=O)[O-])c(N)c(C(F)(F)F)c1. The van der Waals surface area contributed by atoms with Gasteiger partial charge in [-0.25, -0.2) is 0 Å². The molecule has 0 aliphatic carbocycles. The molecule has 0 heterocycles. The van der Waals surface area contributed by atoms with E-state index < -0.39 is 39.4 Å². The molecule has 1 aromatic carbocycles. The Labute approximate surface area is 93.2 Å². The lowest BCUT2D eigenvalue weighted by atomic mass is 10.0. The fourth-order valence-corrected chi connectivity index (χ4v) is 1.23. The van der Waals surface area contributed by atoms with Crippen LogP contribution in [0, 0.1) is 10.1 Å². The summed E-state index contributed by atoms with van der Waals surface area (Å²) in [6, 6.07) is 1.23. The lowest BCUT2D eigenvalue weighted by molar-refractivity contribution is -0.384. The lowest BCUT2D eigenvalue weighted by Crippen LogP contribution is -2.12. The quantitative estimate of drug-likeness (QED) is 0.377. The largest absolute Gasteiger partial charge is 0.418 e. The molecule has 0 aliphatic heterocycles. The summed E-state index contributed by atoms with van der Waals surface area (Å²) in [7, 11) is 0. The number of hydrogen-bond donors (Lipinski definition) is 1. The number of nitrogens with two attached hydrogens (primary N) is 1. The molecule has 1 aromatic rings. The number of alkyl halides is 3. The van der Waals surface area contributed by atoms with Crippen LogP contribution in [0.4, 0.5) is 24.5 Å². The van der Waals surface area contributed by atoms with Crippen molar-refractivity contribution in [1.82, 2.24) is 0 Å². The van der Waals surface area contributed by atoms with Crippen LogP contribution in [0.15, 0.2) is 12.1 Å². The van der Waals surface area contributed by atoms with Crippen molar-refractivity contribution in [1.29, 1.82) is 0 Å². The minimum atomic E-state index is -4.85. The third-order valence-electron chi connectivity index (χ3n) is 2.07. The molecule has 0 spiro atoms. The van der Waals surface area contributed by atoms with E-state index in [0.29, 0.717) is 6.07 Å². The average molecular weight is 248 g/mol. The number of hydrogen-bond acceptors (Lipinski definition) is 4. The molecule has 0 unspecified atom stereocenters. The summed E-state index contributed by atoms with van der Waals surface area (Å²) in [5.74, 6) is -0.710. The number of rotatable bonds is 2. The average Bonchev–Trinajstić information content (AvgIpc) is 2.15. The van der Waals surface area contributed by atoms with Crippen LogP contribution in [0.2, 0.25) is 0 Å². The number of nitro groups is 1. The van der Waals surface area contributed by atoms with Crippen LogP contribution in [0.25, 0.3) is 0 Å². The van der Waals surface area contributed by atoms with E-state index in [2.05, 4.69) is 0 Å². The first-order valence-electron chi connectivity index (χ1n) is 4.30. The maximum Gasteiger partial charge on any atom is 0.418 e. The lowest BCUT2D eigenvalue weighted by Gasteiger charge is -2.11. The third kappa shape index (κ3) is 2.52. The van der Waals surface area contributed by atoms with Crippen molar-refractivity contribution in [2.45, 2.75) is 13.1 Å². The molecule has 8 heteroatoms. The highest BCUT2D eigenvalue weighted by Gasteiger charge is 2.37. The minimum absolute atomic E-state index is 0.404. The van der Waals surface area contributed by atoms with Crippen LogP contribution < -0.4 is 5.73 Å². The van der Waals surface area contributed by atoms with Gasteiger partial charge in [-0.15, -0.1) is 0 Å². The molecule has 0 amide bonds. The molecule has 0 bridgehead atoms. The second-order valence-electron chi connectivity index (χ2n) is 3.27. The molecular weight excluding hydrogens is 241 g/mol. The fourth-order valence-electron chi connectivity index (χ4n) is 1.23. The molecule has 0 saturated heterocycles. The van der Waals surface area contributed by atoms with Gasteiger partial charge in [0.15, 0.2) is 5.78 Å². The van der Waals surface area contributed by atoms with E-state index in [-0.39, 0.29) is 0 Å². The third-order valence-corrected chi connectivity index (χ3v) is 2.07. The number of nitrogen functional groups attached to an aromatic ring is 1. The monoisotopic (exact) mass is 248 g/mol. The molecule has 1 rings (SSSR count). The number of Topliss-reactive ketones (excluding diaryl/α,β-unsaturated/α-hetero) is 1. The highest BCUT2D eigenvalue weighted by molar-refractivity contribution is 5.96. The van der Waals surface area contributed by atoms with Crippen molar-refractivity contribution in [3.63, 3.8) is 0 Å². The first-order chi connectivity index (χ1) is 7.64. The Kier molecular flexibility index (Phi) is 3.08. The van der Waals surface area contributed by atoms with Crippen LogP contribution in [0.1, 0.15) is 22.8 Å². The van der Waals surface area contributed by atoms with E-state index in [4.69, 9.17) is 5.73 Å². The Morgan fingerprint density at radius 2 is 1.94 bits per heavy atom. The zero-order chi connectivity index (χ0) is 13.4. The summed E-state index contributed by atoms with van der Waals surface area (Å²) in [5, 5.41) is 10.5. The number of halogens is 3. The molecule has 92 valence electrons. The first-order valence-corrected chi connectivity index (χ1v) is 4.30. The summed E-state index contributed by atoms with van der Waals surface area (Å²) in [6.45, 7) is 1.01. The predicted octanol–water partition coefficient (Wildman–Crippen LogP) is 2.40. The van der Waals surface area contributed by atoms with Gasteiger partial charge in [0.25, 0.3) is 5.69 Å². The number of benzene rings is 1. The van der Waals surface area contributed by atoms with E-state index in [1.165, 1.54) is 0 Å². The Morgan fingerprint density at radius 1 is 1.41 bits per heavy atom. The maximum atomic E-state index is 12.5. The highest BCUT2D eigenvalue weighted by Crippen LogP contribution is 2.38. The molecule has 0 aliphatic rings. The van der Waals surface area contributed by atoms with Crippen LogP contribution in [-0.2, 0) is 6.18 Å². The van der Waals surface area contributed by atoms with Gasteiger partial charge in [-0.3, -0.25) is 14.9 Å². The van der Waals surface area contributed by atoms with E-state index in [9.17, 15) is 28.1 Å². The van der Waals surface area contributed by atoms with Gasteiger partial charge in [0, 0.05) is 11.6 Å². The smallest absolute Gasteiger partial charge is 0.393 e. The van der Waals surface area contributed by atoms with Crippen LogP contribution >= 0.6 is 0 Å².